The number of carboxylic acid groups (broad SMARTS) is 1. The van der Waals surface area contributed by atoms with Crippen molar-refractivity contribution in [3.8, 4) is 0 Å². The Kier molecular flexibility index (Phi) is 4.23. The van der Waals surface area contributed by atoms with Crippen molar-refractivity contribution in [1.29, 1.82) is 0 Å². The molecule has 4 rings (SSSR count). The number of aromatic nitrogens is 2. The SMILES string of the molecule is C[C@@H](NC(=O)c1ccc(Cl)cc1)C1[C@H]2CC(n3cc(C(=O)O)cn3)C[C@@H]12. The van der Waals surface area contributed by atoms with Crippen LogP contribution in [0.5, 0.6) is 0 Å². The number of amides is 1. The summed E-state index contributed by atoms with van der Waals surface area (Å²) in [5.74, 6) is 0.595. The first kappa shape index (κ1) is 17.1. The summed E-state index contributed by atoms with van der Waals surface area (Å²) in [7, 11) is 0. The van der Waals surface area contributed by atoms with E-state index < -0.39 is 5.97 Å². The average Bonchev–Trinajstić information content (AvgIpc) is 2.99. The Morgan fingerprint density at radius 2 is 1.88 bits per heavy atom. The Bertz CT molecular complexity index is 836. The van der Waals surface area contributed by atoms with Crippen LogP contribution in [0, 0.1) is 17.8 Å². The standard InChI is InChI=1S/C19H20ClN3O3/c1-10(22-18(24)11-2-4-13(20)5-3-11)17-15-6-14(7-16(15)17)23-9-12(8-21-23)19(25)26/h2-5,8-10,14-17H,6-7H2,1H3,(H,22,24)(H,25,26)/t10-,14?,15-,16+,17?/m1/s1. The van der Waals surface area contributed by atoms with Crippen molar-refractivity contribution in [2.75, 3.05) is 0 Å². The molecule has 0 radical (unpaired) electrons. The van der Waals surface area contributed by atoms with E-state index in [-0.39, 0.29) is 23.6 Å². The summed E-state index contributed by atoms with van der Waals surface area (Å²) in [6.07, 6.45) is 4.98. The molecule has 6 nitrogen and oxygen atoms in total. The van der Waals surface area contributed by atoms with Gasteiger partial charge in [0.1, 0.15) is 0 Å². The summed E-state index contributed by atoms with van der Waals surface area (Å²) in [5, 5.41) is 16.9. The highest BCUT2D eigenvalue weighted by Gasteiger charge is 2.58. The zero-order valence-corrected chi connectivity index (χ0v) is 15.1. The summed E-state index contributed by atoms with van der Waals surface area (Å²) in [5.41, 5.74) is 0.841. The van der Waals surface area contributed by atoms with Gasteiger partial charge >= 0.3 is 5.97 Å². The van der Waals surface area contributed by atoms with E-state index in [4.69, 9.17) is 16.7 Å². The molecule has 0 aliphatic heterocycles. The molecule has 26 heavy (non-hydrogen) atoms. The molecule has 2 aliphatic carbocycles. The van der Waals surface area contributed by atoms with Crippen LogP contribution >= 0.6 is 11.6 Å². The molecule has 2 aliphatic rings. The van der Waals surface area contributed by atoms with E-state index in [1.54, 1.807) is 35.1 Å². The highest BCUT2D eigenvalue weighted by atomic mass is 35.5. The number of nitrogens with one attached hydrogen (secondary N) is 1. The molecule has 1 aromatic heterocycles. The molecule has 2 aromatic rings. The van der Waals surface area contributed by atoms with Crippen LogP contribution in [0.1, 0.15) is 46.5 Å². The number of benzene rings is 1. The Labute approximate surface area is 156 Å². The highest BCUT2D eigenvalue weighted by molar-refractivity contribution is 6.30. The van der Waals surface area contributed by atoms with Crippen LogP contribution < -0.4 is 5.32 Å². The first-order valence-corrected chi connectivity index (χ1v) is 9.15. The second-order valence-corrected chi connectivity index (χ2v) is 7.75. The van der Waals surface area contributed by atoms with Crippen molar-refractivity contribution in [2.24, 2.45) is 17.8 Å². The molecule has 1 aromatic carbocycles. The maximum absolute atomic E-state index is 12.3. The van der Waals surface area contributed by atoms with Crippen LogP contribution in [-0.4, -0.2) is 32.8 Å². The summed E-state index contributed by atoms with van der Waals surface area (Å²) in [4.78, 5) is 23.3. The fourth-order valence-electron chi connectivity index (χ4n) is 4.46. The molecule has 0 bridgehead atoms. The largest absolute Gasteiger partial charge is 0.478 e. The van der Waals surface area contributed by atoms with Gasteiger partial charge in [-0.25, -0.2) is 4.79 Å². The number of aromatic carboxylic acids is 1. The smallest absolute Gasteiger partial charge is 0.338 e. The van der Waals surface area contributed by atoms with Gasteiger partial charge in [-0.15, -0.1) is 0 Å². The van der Waals surface area contributed by atoms with Gasteiger partial charge in [0.15, 0.2) is 0 Å². The molecule has 1 heterocycles. The minimum Gasteiger partial charge on any atom is -0.478 e. The molecular weight excluding hydrogens is 354 g/mol. The Morgan fingerprint density at radius 3 is 2.46 bits per heavy atom. The van der Waals surface area contributed by atoms with Gasteiger partial charge in [0, 0.05) is 22.8 Å². The number of nitrogens with zero attached hydrogens (tertiary/aromatic N) is 2. The van der Waals surface area contributed by atoms with Gasteiger partial charge in [0.2, 0.25) is 0 Å². The molecule has 2 N–H and O–H groups in total. The van der Waals surface area contributed by atoms with Gasteiger partial charge in [-0.2, -0.15) is 5.10 Å². The summed E-state index contributed by atoms with van der Waals surface area (Å²) >= 11 is 5.86. The maximum Gasteiger partial charge on any atom is 0.338 e. The lowest BCUT2D eigenvalue weighted by molar-refractivity contribution is 0.0696. The molecular formula is C19H20ClN3O3. The third-order valence-electron chi connectivity index (χ3n) is 5.75. The summed E-state index contributed by atoms with van der Waals surface area (Å²) in [6, 6.07) is 7.26. The molecule has 2 fully saturated rings. The molecule has 2 unspecified atom stereocenters. The van der Waals surface area contributed by atoms with Gasteiger partial charge in [0.05, 0.1) is 17.8 Å². The number of carboxylic acids is 1. The molecule has 2 saturated carbocycles. The van der Waals surface area contributed by atoms with Crippen LogP contribution in [-0.2, 0) is 0 Å². The number of carbonyl (C=O) groups is 2. The zero-order valence-electron chi connectivity index (χ0n) is 14.3. The van der Waals surface area contributed by atoms with E-state index in [9.17, 15) is 9.59 Å². The molecule has 7 heteroatoms. The molecule has 0 saturated heterocycles. The van der Waals surface area contributed by atoms with Crippen LogP contribution in [0.4, 0.5) is 0 Å². The number of rotatable bonds is 5. The lowest BCUT2D eigenvalue weighted by atomic mass is 10.0. The molecule has 5 atom stereocenters. The van der Waals surface area contributed by atoms with Crippen LogP contribution in [0.15, 0.2) is 36.7 Å². The first-order chi connectivity index (χ1) is 12.4. The Hall–Kier alpha value is -2.34. The van der Waals surface area contributed by atoms with Crippen molar-refractivity contribution < 1.29 is 14.7 Å². The Morgan fingerprint density at radius 1 is 1.23 bits per heavy atom. The predicted octanol–water partition coefficient (Wildman–Crippen LogP) is 3.25. The van der Waals surface area contributed by atoms with Crippen LogP contribution in [0.25, 0.3) is 0 Å². The van der Waals surface area contributed by atoms with Gasteiger partial charge in [0.25, 0.3) is 5.91 Å². The predicted molar refractivity (Wildman–Crippen MR) is 96.3 cm³/mol. The number of hydrogen-bond donors (Lipinski definition) is 2. The third-order valence-corrected chi connectivity index (χ3v) is 6.00. The van der Waals surface area contributed by atoms with Gasteiger partial charge < -0.3 is 10.4 Å². The maximum atomic E-state index is 12.3. The number of carbonyl (C=O) groups excluding carboxylic acids is 1. The lowest BCUT2D eigenvalue weighted by Crippen LogP contribution is -2.35. The van der Waals surface area contributed by atoms with E-state index in [0.29, 0.717) is 28.3 Å². The van der Waals surface area contributed by atoms with Crippen LogP contribution in [0.2, 0.25) is 5.02 Å². The number of fused-ring (bicyclic) bond motifs is 1. The second kappa shape index (κ2) is 6.43. The fraction of sp³-hybridized carbons (Fsp3) is 0.421. The Balaban J connectivity index is 1.32. The molecule has 1 amide bonds. The van der Waals surface area contributed by atoms with E-state index in [1.165, 1.54) is 6.20 Å². The van der Waals surface area contributed by atoms with Crippen molar-refractivity contribution in [2.45, 2.75) is 31.8 Å². The number of halogens is 1. The third kappa shape index (κ3) is 3.09. The van der Waals surface area contributed by atoms with E-state index >= 15 is 0 Å². The van der Waals surface area contributed by atoms with Gasteiger partial charge in [-0.05, 0) is 61.8 Å². The van der Waals surface area contributed by atoms with Crippen molar-refractivity contribution in [1.82, 2.24) is 15.1 Å². The lowest BCUT2D eigenvalue weighted by Gasteiger charge is -2.19. The van der Waals surface area contributed by atoms with Gasteiger partial charge in [-0.3, -0.25) is 9.48 Å². The quantitative estimate of drug-likeness (QED) is 0.842. The molecule has 0 spiro atoms. The topological polar surface area (TPSA) is 84.2 Å². The number of hydrogen-bond acceptors (Lipinski definition) is 3. The average molecular weight is 374 g/mol. The first-order valence-electron chi connectivity index (χ1n) is 8.78. The minimum atomic E-state index is -0.948. The van der Waals surface area contributed by atoms with Crippen molar-refractivity contribution >= 4 is 23.5 Å². The normalized spacial score (nSPS) is 27.6. The van der Waals surface area contributed by atoms with Crippen molar-refractivity contribution in [3.63, 3.8) is 0 Å². The fourth-order valence-corrected chi connectivity index (χ4v) is 4.58. The highest BCUT2D eigenvalue weighted by Crippen LogP contribution is 2.62. The minimum absolute atomic E-state index is 0.0751. The monoisotopic (exact) mass is 373 g/mol. The summed E-state index contributed by atoms with van der Waals surface area (Å²) < 4.78 is 1.78. The molecule has 136 valence electrons. The van der Waals surface area contributed by atoms with E-state index in [1.807, 2.05) is 0 Å². The van der Waals surface area contributed by atoms with Gasteiger partial charge in [-0.1, -0.05) is 11.6 Å². The van der Waals surface area contributed by atoms with Crippen LogP contribution in [0.3, 0.4) is 0 Å². The van der Waals surface area contributed by atoms with E-state index in [2.05, 4.69) is 17.3 Å². The van der Waals surface area contributed by atoms with E-state index in [0.717, 1.165) is 12.8 Å². The van der Waals surface area contributed by atoms with Crippen molar-refractivity contribution in [3.05, 3.63) is 52.8 Å². The zero-order chi connectivity index (χ0) is 18.4. The summed E-state index contributed by atoms with van der Waals surface area (Å²) in [6.45, 7) is 2.06. The second-order valence-electron chi connectivity index (χ2n) is 7.31.